The molecule has 1 aromatic rings. The second-order valence-electron chi connectivity index (χ2n) is 8.81. The van der Waals surface area contributed by atoms with E-state index in [4.69, 9.17) is 19.9 Å². The maximum atomic E-state index is 12.2. The molecule has 0 saturated carbocycles. The Morgan fingerprint density at radius 3 is 2.17 bits per heavy atom. The number of carbonyl (C=O) groups is 1. The van der Waals surface area contributed by atoms with E-state index in [2.05, 4.69) is 39.8 Å². The first kappa shape index (κ1) is 26.3. The van der Waals surface area contributed by atoms with E-state index in [1.807, 2.05) is 6.07 Å². The SMILES string of the molecule is COCCCOc1cc(CCCCCCC(C(N)=O)(C(C)C)C(C)C)ccc1OC. The van der Waals surface area contributed by atoms with Crippen molar-refractivity contribution in [3.63, 3.8) is 0 Å². The van der Waals surface area contributed by atoms with E-state index >= 15 is 0 Å². The minimum Gasteiger partial charge on any atom is -0.493 e. The second kappa shape index (κ2) is 13.5. The summed E-state index contributed by atoms with van der Waals surface area (Å²) in [6.07, 6.45) is 7.14. The monoisotopic (exact) mass is 421 g/mol. The summed E-state index contributed by atoms with van der Waals surface area (Å²) in [7, 11) is 3.36. The molecule has 30 heavy (non-hydrogen) atoms. The minimum atomic E-state index is -0.398. The van der Waals surface area contributed by atoms with Crippen molar-refractivity contribution in [2.75, 3.05) is 27.4 Å². The predicted molar refractivity (Wildman–Crippen MR) is 123 cm³/mol. The Hall–Kier alpha value is -1.75. The lowest BCUT2D eigenvalue weighted by molar-refractivity contribution is -0.134. The molecule has 5 heteroatoms. The standard InChI is InChI=1S/C25H43NO4/c1-19(2)25(20(3)4,24(26)27)15-10-8-7-9-12-21-13-14-22(29-6)23(18-21)30-17-11-16-28-5/h13-14,18-20H,7-12,15-17H2,1-6H3,(H2,26,27). The van der Waals surface area contributed by atoms with E-state index in [1.54, 1.807) is 14.2 Å². The summed E-state index contributed by atoms with van der Waals surface area (Å²) in [5, 5.41) is 0. The van der Waals surface area contributed by atoms with Crippen LogP contribution in [0, 0.1) is 17.3 Å². The van der Waals surface area contributed by atoms with Crippen LogP contribution in [0.4, 0.5) is 0 Å². The van der Waals surface area contributed by atoms with Crippen LogP contribution in [0.2, 0.25) is 0 Å². The molecule has 5 nitrogen and oxygen atoms in total. The normalized spacial score (nSPS) is 11.9. The van der Waals surface area contributed by atoms with Gasteiger partial charge < -0.3 is 19.9 Å². The first-order chi connectivity index (χ1) is 14.3. The molecule has 2 N–H and O–H groups in total. The molecule has 0 radical (unpaired) electrons. The van der Waals surface area contributed by atoms with Gasteiger partial charge in [-0.2, -0.15) is 0 Å². The highest BCUT2D eigenvalue weighted by atomic mass is 16.5. The summed E-state index contributed by atoms with van der Waals surface area (Å²) in [6.45, 7) is 9.76. The predicted octanol–water partition coefficient (Wildman–Crippen LogP) is 5.39. The van der Waals surface area contributed by atoms with Crippen molar-refractivity contribution in [2.45, 2.75) is 72.6 Å². The summed E-state index contributed by atoms with van der Waals surface area (Å²) in [4.78, 5) is 12.2. The van der Waals surface area contributed by atoms with Crippen LogP contribution in [-0.4, -0.2) is 33.3 Å². The summed E-state index contributed by atoms with van der Waals surface area (Å²) < 4.78 is 16.4. The van der Waals surface area contributed by atoms with Gasteiger partial charge in [-0.3, -0.25) is 4.79 Å². The van der Waals surface area contributed by atoms with Crippen molar-refractivity contribution >= 4 is 5.91 Å². The molecule has 172 valence electrons. The van der Waals surface area contributed by atoms with Crippen LogP contribution in [0.3, 0.4) is 0 Å². The second-order valence-corrected chi connectivity index (χ2v) is 8.81. The first-order valence-electron chi connectivity index (χ1n) is 11.4. The molecule has 0 atom stereocenters. The quantitative estimate of drug-likeness (QED) is 0.363. The fourth-order valence-corrected chi connectivity index (χ4v) is 4.41. The van der Waals surface area contributed by atoms with Gasteiger partial charge in [0.05, 0.1) is 19.1 Å². The molecule has 1 rings (SSSR count). The molecule has 1 aromatic carbocycles. The van der Waals surface area contributed by atoms with Crippen molar-refractivity contribution in [1.29, 1.82) is 0 Å². The molecule has 0 saturated heterocycles. The smallest absolute Gasteiger partial charge is 0.224 e. The number of hydrogen-bond donors (Lipinski definition) is 1. The van der Waals surface area contributed by atoms with E-state index in [9.17, 15) is 4.79 Å². The fourth-order valence-electron chi connectivity index (χ4n) is 4.41. The number of amides is 1. The van der Waals surface area contributed by atoms with Gasteiger partial charge in [0.25, 0.3) is 0 Å². The van der Waals surface area contributed by atoms with Gasteiger partial charge in [0, 0.05) is 20.1 Å². The Morgan fingerprint density at radius 1 is 0.933 bits per heavy atom. The van der Waals surface area contributed by atoms with E-state index in [0.29, 0.717) is 13.2 Å². The van der Waals surface area contributed by atoms with Crippen molar-refractivity contribution in [3.05, 3.63) is 23.8 Å². The Kier molecular flexibility index (Phi) is 11.9. The molecular weight excluding hydrogens is 378 g/mol. The topological polar surface area (TPSA) is 70.8 Å². The van der Waals surface area contributed by atoms with Crippen LogP contribution >= 0.6 is 0 Å². The number of methoxy groups -OCH3 is 2. The van der Waals surface area contributed by atoms with Crippen molar-refractivity contribution in [1.82, 2.24) is 0 Å². The zero-order chi connectivity index (χ0) is 22.6. The summed E-state index contributed by atoms with van der Waals surface area (Å²) in [5.41, 5.74) is 6.67. The Labute approximate surface area is 183 Å². The number of carbonyl (C=O) groups excluding carboxylic acids is 1. The summed E-state index contributed by atoms with van der Waals surface area (Å²) in [5.74, 6) is 1.93. The molecule has 0 unspecified atom stereocenters. The number of ether oxygens (including phenoxy) is 3. The number of hydrogen-bond acceptors (Lipinski definition) is 4. The average molecular weight is 422 g/mol. The highest BCUT2D eigenvalue weighted by Gasteiger charge is 2.42. The van der Waals surface area contributed by atoms with Crippen LogP contribution in [0.1, 0.15) is 71.8 Å². The lowest BCUT2D eigenvalue weighted by atomic mass is 9.65. The van der Waals surface area contributed by atoms with Crippen LogP contribution in [0.5, 0.6) is 11.5 Å². The van der Waals surface area contributed by atoms with Crippen LogP contribution < -0.4 is 15.2 Å². The third kappa shape index (κ3) is 7.50. The van der Waals surface area contributed by atoms with Crippen LogP contribution in [-0.2, 0) is 16.0 Å². The molecule has 0 aliphatic heterocycles. The van der Waals surface area contributed by atoms with Crippen LogP contribution in [0.15, 0.2) is 18.2 Å². The maximum absolute atomic E-state index is 12.2. The zero-order valence-corrected chi connectivity index (χ0v) is 20.0. The number of primary amides is 1. The van der Waals surface area contributed by atoms with E-state index in [0.717, 1.165) is 56.4 Å². The Bertz CT molecular complexity index is 620. The third-order valence-electron chi connectivity index (χ3n) is 6.30. The van der Waals surface area contributed by atoms with E-state index < -0.39 is 5.41 Å². The minimum absolute atomic E-state index is 0.149. The van der Waals surface area contributed by atoms with Gasteiger partial charge >= 0.3 is 0 Å². The fraction of sp³-hybridized carbons (Fsp3) is 0.720. The number of unbranched alkanes of at least 4 members (excludes halogenated alkanes) is 3. The lowest BCUT2D eigenvalue weighted by Gasteiger charge is -2.38. The number of benzene rings is 1. The van der Waals surface area contributed by atoms with E-state index in [-0.39, 0.29) is 17.7 Å². The van der Waals surface area contributed by atoms with Gasteiger partial charge in [-0.05, 0) is 48.8 Å². The van der Waals surface area contributed by atoms with Gasteiger partial charge in [0.2, 0.25) is 5.91 Å². The zero-order valence-electron chi connectivity index (χ0n) is 20.0. The summed E-state index contributed by atoms with van der Waals surface area (Å²) >= 11 is 0. The van der Waals surface area contributed by atoms with Crippen LogP contribution in [0.25, 0.3) is 0 Å². The summed E-state index contributed by atoms with van der Waals surface area (Å²) in [6, 6.07) is 6.17. The molecule has 0 aliphatic carbocycles. The van der Waals surface area contributed by atoms with Gasteiger partial charge in [-0.15, -0.1) is 0 Å². The van der Waals surface area contributed by atoms with Crippen molar-refractivity contribution in [2.24, 2.45) is 23.0 Å². The molecular formula is C25H43NO4. The number of nitrogens with two attached hydrogens (primary N) is 1. The molecule has 0 aromatic heterocycles. The Balaban J connectivity index is 2.49. The highest BCUT2D eigenvalue weighted by Crippen LogP contribution is 2.40. The van der Waals surface area contributed by atoms with Gasteiger partial charge in [-0.1, -0.05) is 53.0 Å². The molecule has 0 fully saturated rings. The average Bonchev–Trinajstić information content (AvgIpc) is 2.70. The van der Waals surface area contributed by atoms with Crippen molar-refractivity contribution in [3.8, 4) is 11.5 Å². The number of aryl methyl sites for hydroxylation is 1. The molecule has 0 spiro atoms. The molecule has 0 bridgehead atoms. The van der Waals surface area contributed by atoms with E-state index in [1.165, 1.54) is 5.56 Å². The Morgan fingerprint density at radius 2 is 1.60 bits per heavy atom. The molecule has 0 aliphatic rings. The first-order valence-corrected chi connectivity index (χ1v) is 11.4. The number of rotatable bonds is 16. The molecule has 0 heterocycles. The van der Waals surface area contributed by atoms with Gasteiger partial charge in [0.1, 0.15) is 0 Å². The lowest BCUT2D eigenvalue weighted by Crippen LogP contribution is -2.45. The maximum Gasteiger partial charge on any atom is 0.224 e. The van der Waals surface area contributed by atoms with Gasteiger partial charge in [0.15, 0.2) is 11.5 Å². The highest BCUT2D eigenvalue weighted by molar-refractivity contribution is 5.81. The third-order valence-corrected chi connectivity index (χ3v) is 6.30. The van der Waals surface area contributed by atoms with Gasteiger partial charge in [-0.25, -0.2) is 0 Å². The largest absolute Gasteiger partial charge is 0.493 e. The molecule has 1 amide bonds. The van der Waals surface area contributed by atoms with Crippen molar-refractivity contribution < 1.29 is 19.0 Å².